The first kappa shape index (κ1) is 16.7. The lowest BCUT2D eigenvalue weighted by molar-refractivity contribution is -0.140. The highest BCUT2D eigenvalue weighted by Gasteiger charge is 2.25. The fraction of sp³-hybridized carbons (Fsp3) is 0.733. The third-order valence-electron chi connectivity index (χ3n) is 3.80. The molecule has 0 aliphatic heterocycles. The topological polar surface area (TPSA) is 92.4 Å². The maximum atomic E-state index is 11.9. The molecule has 1 amide bonds. The lowest BCUT2D eigenvalue weighted by atomic mass is 9.94. The van der Waals surface area contributed by atoms with Crippen molar-refractivity contribution in [2.45, 2.75) is 51.5 Å². The second kappa shape index (κ2) is 8.74. The standard InChI is InChI=1S/C15H26N2O3/c1-2-3-11(8-9-16)4-7-14(18)17-13-6-5-12(10-13)15(19)20/h5-6,11-13H,2-4,7-10,16H2,1H3,(H,17,18)(H,19,20). The first-order valence-electron chi connectivity index (χ1n) is 7.47. The van der Waals surface area contributed by atoms with Crippen molar-refractivity contribution in [1.82, 2.24) is 5.32 Å². The summed E-state index contributed by atoms with van der Waals surface area (Å²) in [7, 11) is 0. The molecule has 0 saturated heterocycles. The normalized spacial score (nSPS) is 22.7. The van der Waals surface area contributed by atoms with E-state index in [1.54, 1.807) is 12.2 Å². The minimum atomic E-state index is -0.830. The summed E-state index contributed by atoms with van der Waals surface area (Å²) >= 11 is 0. The summed E-state index contributed by atoms with van der Waals surface area (Å²) in [5, 5.41) is 11.8. The summed E-state index contributed by atoms with van der Waals surface area (Å²) in [5.41, 5.74) is 5.58. The molecule has 0 saturated carbocycles. The fourth-order valence-electron chi connectivity index (χ4n) is 2.68. The van der Waals surface area contributed by atoms with Crippen molar-refractivity contribution in [1.29, 1.82) is 0 Å². The first-order chi connectivity index (χ1) is 9.56. The molecule has 4 N–H and O–H groups in total. The van der Waals surface area contributed by atoms with Gasteiger partial charge in [0.05, 0.1) is 5.92 Å². The molecule has 114 valence electrons. The van der Waals surface area contributed by atoms with Crippen LogP contribution in [0.5, 0.6) is 0 Å². The van der Waals surface area contributed by atoms with Gasteiger partial charge in [-0.25, -0.2) is 0 Å². The van der Waals surface area contributed by atoms with Gasteiger partial charge in [-0.15, -0.1) is 0 Å². The van der Waals surface area contributed by atoms with Gasteiger partial charge >= 0.3 is 5.97 Å². The number of amides is 1. The van der Waals surface area contributed by atoms with Crippen LogP contribution in [0, 0.1) is 11.8 Å². The molecule has 1 rings (SSSR count). The third-order valence-corrected chi connectivity index (χ3v) is 3.80. The zero-order valence-corrected chi connectivity index (χ0v) is 12.2. The molecule has 0 bridgehead atoms. The van der Waals surface area contributed by atoms with Crippen LogP contribution >= 0.6 is 0 Å². The number of rotatable bonds is 9. The highest BCUT2D eigenvalue weighted by Crippen LogP contribution is 2.19. The van der Waals surface area contributed by atoms with Gasteiger partial charge in [-0.1, -0.05) is 31.9 Å². The summed E-state index contributed by atoms with van der Waals surface area (Å²) in [6.07, 6.45) is 8.42. The molecule has 20 heavy (non-hydrogen) atoms. The lowest BCUT2D eigenvalue weighted by Gasteiger charge is -2.16. The molecule has 0 aromatic carbocycles. The van der Waals surface area contributed by atoms with Crippen molar-refractivity contribution in [3.63, 3.8) is 0 Å². The molecule has 1 aliphatic carbocycles. The molecular formula is C15H26N2O3. The quantitative estimate of drug-likeness (QED) is 0.561. The van der Waals surface area contributed by atoms with Crippen LogP contribution in [-0.4, -0.2) is 29.6 Å². The number of carboxylic acids is 1. The fourth-order valence-corrected chi connectivity index (χ4v) is 2.68. The minimum Gasteiger partial charge on any atom is -0.481 e. The number of nitrogens with two attached hydrogens (primary N) is 1. The Bertz CT molecular complexity index is 349. The van der Waals surface area contributed by atoms with Crippen molar-refractivity contribution in [2.24, 2.45) is 17.6 Å². The van der Waals surface area contributed by atoms with E-state index in [2.05, 4.69) is 12.2 Å². The molecule has 0 spiro atoms. The van der Waals surface area contributed by atoms with Crippen molar-refractivity contribution in [2.75, 3.05) is 6.54 Å². The first-order valence-corrected chi connectivity index (χ1v) is 7.47. The maximum absolute atomic E-state index is 11.9. The summed E-state index contributed by atoms with van der Waals surface area (Å²) in [5.74, 6) is -0.778. The number of carbonyl (C=O) groups is 2. The second-order valence-electron chi connectivity index (χ2n) is 5.51. The summed E-state index contributed by atoms with van der Waals surface area (Å²) < 4.78 is 0. The van der Waals surface area contributed by atoms with Crippen LogP contribution in [0.4, 0.5) is 0 Å². The molecular weight excluding hydrogens is 256 g/mol. The number of carbonyl (C=O) groups excluding carboxylic acids is 1. The van der Waals surface area contributed by atoms with Gasteiger partial charge in [0.15, 0.2) is 0 Å². The van der Waals surface area contributed by atoms with E-state index in [4.69, 9.17) is 10.8 Å². The molecule has 5 heteroatoms. The number of hydrogen-bond acceptors (Lipinski definition) is 3. The SMILES string of the molecule is CCCC(CCN)CCC(=O)NC1C=CC(C(=O)O)C1. The van der Waals surface area contributed by atoms with E-state index in [1.165, 1.54) is 0 Å². The van der Waals surface area contributed by atoms with E-state index in [0.29, 0.717) is 25.3 Å². The Labute approximate surface area is 120 Å². The number of nitrogens with one attached hydrogen (secondary N) is 1. The van der Waals surface area contributed by atoms with Crippen LogP contribution < -0.4 is 11.1 Å². The molecule has 3 atom stereocenters. The highest BCUT2D eigenvalue weighted by molar-refractivity contribution is 5.77. The van der Waals surface area contributed by atoms with Crippen LogP contribution in [0.25, 0.3) is 0 Å². The Morgan fingerprint density at radius 3 is 2.65 bits per heavy atom. The van der Waals surface area contributed by atoms with E-state index < -0.39 is 11.9 Å². The smallest absolute Gasteiger partial charge is 0.310 e. The van der Waals surface area contributed by atoms with Gasteiger partial charge in [0.1, 0.15) is 0 Å². The Hall–Kier alpha value is -1.36. The van der Waals surface area contributed by atoms with E-state index in [0.717, 1.165) is 25.7 Å². The Kier molecular flexibility index (Phi) is 7.30. The average molecular weight is 282 g/mol. The number of carboxylic acid groups (broad SMARTS) is 1. The van der Waals surface area contributed by atoms with Gasteiger partial charge in [0.2, 0.25) is 5.91 Å². The molecule has 0 fully saturated rings. The Morgan fingerprint density at radius 1 is 1.35 bits per heavy atom. The predicted molar refractivity (Wildman–Crippen MR) is 78.1 cm³/mol. The van der Waals surface area contributed by atoms with Crippen molar-refractivity contribution in [3.8, 4) is 0 Å². The Balaban J connectivity index is 2.27. The van der Waals surface area contributed by atoms with Gasteiger partial charge in [-0.3, -0.25) is 9.59 Å². The van der Waals surface area contributed by atoms with Gasteiger partial charge in [-0.05, 0) is 31.7 Å². The molecule has 0 radical (unpaired) electrons. The monoisotopic (exact) mass is 282 g/mol. The summed E-state index contributed by atoms with van der Waals surface area (Å²) in [6, 6.07) is -0.136. The zero-order chi connectivity index (χ0) is 15.0. The van der Waals surface area contributed by atoms with E-state index in [1.807, 2.05) is 0 Å². The van der Waals surface area contributed by atoms with E-state index >= 15 is 0 Å². The number of aliphatic carboxylic acids is 1. The van der Waals surface area contributed by atoms with Gasteiger partial charge in [0.25, 0.3) is 0 Å². The van der Waals surface area contributed by atoms with Crippen LogP contribution in [0.15, 0.2) is 12.2 Å². The van der Waals surface area contributed by atoms with Gasteiger partial charge in [-0.2, -0.15) is 0 Å². The van der Waals surface area contributed by atoms with Crippen LogP contribution in [0.3, 0.4) is 0 Å². The molecule has 3 unspecified atom stereocenters. The molecule has 5 nitrogen and oxygen atoms in total. The molecule has 1 aliphatic rings. The Morgan fingerprint density at radius 2 is 2.10 bits per heavy atom. The van der Waals surface area contributed by atoms with Crippen molar-refractivity contribution < 1.29 is 14.7 Å². The number of hydrogen-bond donors (Lipinski definition) is 3. The second-order valence-corrected chi connectivity index (χ2v) is 5.51. The molecule has 0 heterocycles. The largest absolute Gasteiger partial charge is 0.481 e. The average Bonchev–Trinajstić information content (AvgIpc) is 2.85. The predicted octanol–water partition coefficient (Wildman–Crippen LogP) is 1.68. The molecule has 0 aromatic rings. The summed E-state index contributed by atoms with van der Waals surface area (Å²) in [6.45, 7) is 2.80. The van der Waals surface area contributed by atoms with Crippen LogP contribution in [0.1, 0.15) is 45.4 Å². The van der Waals surface area contributed by atoms with E-state index in [-0.39, 0.29) is 11.9 Å². The van der Waals surface area contributed by atoms with E-state index in [9.17, 15) is 9.59 Å². The van der Waals surface area contributed by atoms with Crippen molar-refractivity contribution >= 4 is 11.9 Å². The van der Waals surface area contributed by atoms with Crippen LogP contribution in [0.2, 0.25) is 0 Å². The zero-order valence-electron chi connectivity index (χ0n) is 12.2. The maximum Gasteiger partial charge on any atom is 0.310 e. The van der Waals surface area contributed by atoms with Crippen molar-refractivity contribution in [3.05, 3.63) is 12.2 Å². The van der Waals surface area contributed by atoms with Gasteiger partial charge < -0.3 is 16.2 Å². The summed E-state index contributed by atoms with van der Waals surface area (Å²) in [4.78, 5) is 22.7. The lowest BCUT2D eigenvalue weighted by Crippen LogP contribution is -2.33. The van der Waals surface area contributed by atoms with Crippen LogP contribution in [-0.2, 0) is 9.59 Å². The van der Waals surface area contributed by atoms with Gasteiger partial charge in [0, 0.05) is 12.5 Å². The minimum absolute atomic E-state index is 0.00353. The highest BCUT2D eigenvalue weighted by atomic mass is 16.4. The third kappa shape index (κ3) is 5.74. The molecule has 0 aromatic heterocycles.